The smallest absolute Gasteiger partial charge is 0.230 e. The maximum Gasteiger partial charge on any atom is 0.230 e. The molecule has 2 atom stereocenters. The van der Waals surface area contributed by atoms with Gasteiger partial charge in [-0.2, -0.15) is 9.97 Å². The molecule has 1 aromatic carbocycles. The van der Waals surface area contributed by atoms with E-state index in [1.165, 1.54) is 32.1 Å². The van der Waals surface area contributed by atoms with E-state index in [1.807, 2.05) is 18.2 Å². The quantitative estimate of drug-likeness (QED) is 0.630. The average Bonchev–Trinajstić information content (AvgIpc) is 2.74. The van der Waals surface area contributed by atoms with Gasteiger partial charge < -0.3 is 4.90 Å². The van der Waals surface area contributed by atoms with Gasteiger partial charge >= 0.3 is 0 Å². The van der Waals surface area contributed by atoms with E-state index in [9.17, 15) is 0 Å². The monoisotopic (exact) mass is 381 g/mol. The molecule has 1 aromatic heterocycles. The molecule has 0 amide bonds. The Hall–Kier alpha value is -2.01. The van der Waals surface area contributed by atoms with E-state index in [2.05, 4.69) is 43.1 Å². The summed E-state index contributed by atoms with van der Waals surface area (Å²) in [5.74, 6) is 3.17. The molecular weight excluding hydrogens is 346 g/mol. The summed E-state index contributed by atoms with van der Waals surface area (Å²) in [6, 6.07) is 10.3. The summed E-state index contributed by atoms with van der Waals surface area (Å²) in [5.41, 5.74) is 1.06. The third kappa shape index (κ3) is 5.07. The highest BCUT2D eigenvalue weighted by Crippen LogP contribution is 2.29. The topological polar surface area (TPSA) is 53.9 Å². The number of nitrogens with zero attached hydrogens (tertiary/aromatic N) is 4. The van der Waals surface area contributed by atoms with Crippen LogP contribution >= 0.6 is 0 Å². The predicted molar refractivity (Wildman–Crippen MR) is 116 cm³/mol. The lowest BCUT2D eigenvalue weighted by Gasteiger charge is -2.41. The summed E-state index contributed by atoms with van der Waals surface area (Å²) in [4.78, 5) is 17.0. The summed E-state index contributed by atoms with van der Waals surface area (Å²) in [6.45, 7) is 8.77. The largest absolute Gasteiger partial charge is 0.325 e. The zero-order chi connectivity index (χ0) is 19.8. The molecule has 5 nitrogen and oxygen atoms in total. The lowest BCUT2D eigenvalue weighted by atomic mass is 9.92. The fourth-order valence-corrected chi connectivity index (χ4v) is 4.02. The van der Waals surface area contributed by atoms with E-state index >= 15 is 0 Å². The molecular formula is C23H35N5. The van der Waals surface area contributed by atoms with Gasteiger partial charge in [-0.05, 0) is 38.1 Å². The van der Waals surface area contributed by atoms with Crippen LogP contribution in [0.2, 0.25) is 0 Å². The number of hydrogen-bond acceptors (Lipinski definition) is 5. The van der Waals surface area contributed by atoms with Gasteiger partial charge in [0.15, 0.2) is 5.82 Å². The molecule has 0 radical (unpaired) electrons. The highest BCUT2D eigenvalue weighted by Gasteiger charge is 2.32. The van der Waals surface area contributed by atoms with Crippen LogP contribution in [-0.2, 0) is 6.42 Å². The third-order valence-electron chi connectivity index (χ3n) is 5.60. The Morgan fingerprint density at radius 3 is 2.57 bits per heavy atom. The van der Waals surface area contributed by atoms with Crippen LogP contribution in [0.1, 0.15) is 65.1 Å². The predicted octanol–water partition coefficient (Wildman–Crippen LogP) is 4.83. The van der Waals surface area contributed by atoms with Crippen molar-refractivity contribution in [1.82, 2.24) is 20.3 Å². The molecule has 1 fully saturated rings. The van der Waals surface area contributed by atoms with Crippen LogP contribution in [0.3, 0.4) is 0 Å². The van der Waals surface area contributed by atoms with Crippen molar-refractivity contribution in [3.05, 3.63) is 36.2 Å². The molecule has 1 aliphatic rings. The van der Waals surface area contributed by atoms with E-state index in [-0.39, 0.29) is 0 Å². The molecule has 152 valence electrons. The van der Waals surface area contributed by atoms with Crippen LogP contribution in [0.15, 0.2) is 30.3 Å². The Morgan fingerprint density at radius 2 is 1.86 bits per heavy atom. The first-order chi connectivity index (χ1) is 13.8. The van der Waals surface area contributed by atoms with Crippen molar-refractivity contribution in [3.63, 3.8) is 0 Å². The van der Waals surface area contributed by atoms with Gasteiger partial charge in [-0.1, -0.05) is 63.9 Å². The fourth-order valence-electron chi connectivity index (χ4n) is 4.02. The van der Waals surface area contributed by atoms with Gasteiger partial charge in [0.25, 0.3) is 0 Å². The molecule has 28 heavy (non-hydrogen) atoms. The number of anilines is 1. The van der Waals surface area contributed by atoms with Crippen molar-refractivity contribution in [2.45, 2.75) is 71.9 Å². The van der Waals surface area contributed by atoms with Crippen molar-refractivity contribution < 1.29 is 0 Å². The number of aryl methyl sites for hydroxylation is 1. The van der Waals surface area contributed by atoms with E-state index < -0.39 is 0 Å². The Labute approximate surface area is 170 Å². The number of piperidine rings is 1. The minimum Gasteiger partial charge on any atom is -0.325 e. The molecule has 1 aliphatic heterocycles. The van der Waals surface area contributed by atoms with Gasteiger partial charge in [0.2, 0.25) is 5.95 Å². The van der Waals surface area contributed by atoms with Gasteiger partial charge in [0.05, 0.1) is 6.17 Å². The second-order valence-corrected chi connectivity index (χ2v) is 7.75. The summed E-state index contributed by atoms with van der Waals surface area (Å²) >= 11 is 0. The Morgan fingerprint density at radius 1 is 1.04 bits per heavy atom. The number of nitrogens with one attached hydrogen (secondary N) is 1. The third-order valence-corrected chi connectivity index (χ3v) is 5.60. The number of aromatic nitrogens is 3. The van der Waals surface area contributed by atoms with Crippen molar-refractivity contribution in [2.24, 2.45) is 5.92 Å². The van der Waals surface area contributed by atoms with Crippen LogP contribution in [0.5, 0.6) is 0 Å². The molecule has 0 spiro atoms. The van der Waals surface area contributed by atoms with Crippen LogP contribution in [0.25, 0.3) is 11.4 Å². The van der Waals surface area contributed by atoms with Crippen molar-refractivity contribution in [1.29, 1.82) is 0 Å². The minimum atomic E-state index is 0.311. The maximum atomic E-state index is 4.92. The first-order valence-electron chi connectivity index (χ1n) is 11.1. The van der Waals surface area contributed by atoms with E-state index in [0.29, 0.717) is 12.1 Å². The van der Waals surface area contributed by atoms with Crippen LogP contribution in [0.4, 0.5) is 5.95 Å². The number of rotatable bonds is 9. The summed E-state index contributed by atoms with van der Waals surface area (Å²) in [6.07, 6.45) is 8.29. The van der Waals surface area contributed by atoms with E-state index in [1.54, 1.807) is 0 Å². The van der Waals surface area contributed by atoms with Gasteiger partial charge in [0, 0.05) is 18.5 Å². The first kappa shape index (κ1) is 20.7. The molecule has 2 heterocycles. The summed E-state index contributed by atoms with van der Waals surface area (Å²) in [7, 11) is 0. The standard InChI is InChI=1S/C23H35N5/c1-4-7-16-24-22-18(6-3)15-11-17-28(22)23-26-20(12-5-2)25-21(27-23)19-13-9-8-10-14-19/h8-10,13-14,18,22,24H,4-7,11-12,15-17H2,1-3H3. The van der Waals surface area contributed by atoms with Crippen LogP contribution < -0.4 is 10.2 Å². The van der Waals surface area contributed by atoms with E-state index in [0.717, 1.165) is 49.1 Å². The molecule has 1 saturated heterocycles. The van der Waals surface area contributed by atoms with Gasteiger partial charge in [-0.3, -0.25) is 5.32 Å². The molecule has 2 unspecified atom stereocenters. The molecule has 2 aromatic rings. The first-order valence-corrected chi connectivity index (χ1v) is 11.1. The van der Waals surface area contributed by atoms with Gasteiger partial charge in [-0.15, -0.1) is 0 Å². The lowest BCUT2D eigenvalue weighted by molar-refractivity contribution is 0.268. The normalized spacial score (nSPS) is 19.8. The van der Waals surface area contributed by atoms with Crippen molar-refractivity contribution in [3.8, 4) is 11.4 Å². The highest BCUT2D eigenvalue weighted by atomic mass is 15.4. The second kappa shape index (κ2) is 10.5. The lowest BCUT2D eigenvalue weighted by Crippen LogP contribution is -2.54. The SMILES string of the molecule is CCCCNC1C(CC)CCCN1c1nc(CCC)nc(-c2ccccc2)n1. The molecule has 0 aliphatic carbocycles. The van der Waals surface area contributed by atoms with Gasteiger partial charge in [-0.25, -0.2) is 4.98 Å². The maximum absolute atomic E-state index is 4.92. The number of hydrogen-bond donors (Lipinski definition) is 1. The van der Waals surface area contributed by atoms with Crippen LogP contribution in [-0.4, -0.2) is 34.2 Å². The fraction of sp³-hybridized carbons (Fsp3) is 0.609. The van der Waals surface area contributed by atoms with Crippen molar-refractivity contribution in [2.75, 3.05) is 18.0 Å². The Bertz CT molecular complexity index is 718. The molecule has 0 saturated carbocycles. The second-order valence-electron chi connectivity index (χ2n) is 7.75. The van der Waals surface area contributed by atoms with Gasteiger partial charge in [0.1, 0.15) is 5.82 Å². The Balaban J connectivity index is 1.95. The molecule has 0 bridgehead atoms. The number of unbranched alkanes of at least 4 members (excludes halogenated alkanes) is 1. The number of benzene rings is 1. The molecule has 3 rings (SSSR count). The van der Waals surface area contributed by atoms with Crippen molar-refractivity contribution >= 4 is 5.95 Å². The van der Waals surface area contributed by atoms with E-state index in [4.69, 9.17) is 15.0 Å². The minimum absolute atomic E-state index is 0.311. The molecule has 1 N–H and O–H groups in total. The summed E-state index contributed by atoms with van der Waals surface area (Å²) in [5, 5.41) is 3.81. The average molecular weight is 382 g/mol. The molecule has 5 heteroatoms. The highest BCUT2D eigenvalue weighted by molar-refractivity contribution is 5.56. The van der Waals surface area contributed by atoms with Crippen LogP contribution in [0, 0.1) is 5.92 Å². The summed E-state index contributed by atoms with van der Waals surface area (Å²) < 4.78 is 0. The Kier molecular flexibility index (Phi) is 7.78. The zero-order valence-electron chi connectivity index (χ0n) is 17.7. The zero-order valence-corrected chi connectivity index (χ0v) is 17.7.